The number of para-hydroxylation sites is 1. The van der Waals surface area contributed by atoms with Crippen molar-refractivity contribution in [1.82, 2.24) is 0 Å². The molecule has 0 fully saturated rings. The summed E-state index contributed by atoms with van der Waals surface area (Å²) in [6.07, 6.45) is -1.08. The maximum absolute atomic E-state index is 14.1. The molecular weight excluding hydrogens is 407 g/mol. The number of ketones is 1. The Balaban J connectivity index is 1.61. The summed E-state index contributed by atoms with van der Waals surface area (Å²) >= 11 is 0. The molecule has 0 bridgehead atoms. The van der Waals surface area contributed by atoms with Crippen molar-refractivity contribution in [2.75, 3.05) is 0 Å². The Morgan fingerprint density at radius 2 is 1.29 bits per heavy atom. The molecule has 0 aromatic heterocycles. The van der Waals surface area contributed by atoms with Gasteiger partial charge >= 0.3 is 7.60 Å². The Bertz CT molecular complexity index is 1290. The van der Waals surface area contributed by atoms with Crippen LogP contribution in [0.3, 0.4) is 0 Å². The molecule has 4 nitrogen and oxygen atoms in total. The third-order valence-electron chi connectivity index (χ3n) is 5.24. The Kier molecular flexibility index (Phi) is 5.03. The molecule has 0 aliphatic carbocycles. The third kappa shape index (κ3) is 3.61. The molecule has 4 aromatic carbocycles. The van der Waals surface area contributed by atoms with E-state index in [-0.39, 0.29) is 5.78 Å². The van der Waals surface area contributed by atoms with E-state index in [0.717, 1.165) is 11.1 Å². The molecule has 5 rings (SSSR count). The molecule has 1 aliphatic rings. The van der Waals surface area contributed by atoms with Gasteiger partial charge in [0.2, 0.25) is 0 Å². The van der Waals surface area contributed by atoms with E-state index in [4.69, 9.17) is 9.05 Å². The van der Waals surface area contributed by atoms with Crippen LogP contribution in [-0.2, 0) is 9.09 Å². The summed E-state index contributed by atoms with van der Waals surface area (Å²) < 4.78 is 26.3. The van der Waals surface area contributed by atoms with Crippen molar-refractivity contribution in [3.63, 3.8) is 0 Å². The second-order valence-electron chi connectivity index (χ2n) is 7.23. The van der Waals surface area contributed by atoms with E-state index in [0.29, 0.717) is 22.2 Å². The van der Waals surface area contributed by atoms with Gasteiger partial charge in [0.1, 0.15) is 5.75 Å². The molecule has 4 aromatic rings. The standard InChI is InChI=1S/C26H19O4P/c27-25(19-11-3-1-4-12-19)26(20-13-5-2-6-14-20)30-31(28)24-18-10-8-16-22(24)21-15-7-9-17-23(21)29-31/h1-18,26H. The van der Waals surface area contributed by atoms with Gasteiger partial charge in [-0.1, -0.05) is 97.1 Å². The van der Waals surface area contributed by atoms with Crippen molar-refractivity contribution in [3.05, 3.63) is 120 Å². The first-order chi connectivity index (χ1) is 15.2. The normalized spacial score (nSPS) is 17.7. The number of hydrogen-bond donors (Lipinski definition) is 0. The van der Waals surface area contributed by atoms with Gasteiger partial charge in [-0.15, -0.1) is 0 Å². The van der Waals surface area contributed by atoms with E-state index in [9.17, 15) is 9.36 Å². The quantitative estimate of drug-likeness (QED) is 0.281. The van der Waals surface area contributed by atoms with Crippen LogP contribution in [0.4, 0.5) is 0 Å². The summed E-state index contributed by atoms with van der Waals surface area (Å²) in [7, 11) is -3.85. The van der Waals surface area contributed by atoms with Crippen LogP contribution in [-0.4, -0.2) is 5.78 Å². The highest BCUT2D eigenvalue weighted by Gasteiger charge is 2.41. The van der Waals surface area contributed by atoms with Crippen molar-refractivity contribution in [2.24, 2.45) is 0 Å². The molecule has 0 amide bonds. The average Bonchev–Trinajstić information content (AvgIpc) is 2.83. The van der Waals surface area contributed by atoms with Crippen molar-refractivity contribution >= 4 is 18.7 Å². The molecule has 0 saturated carbocycles. The second-order valence-corrected chi connectivity index (χ2v) is 9.10. The molecular formula is C26H19O4P. The lowest BCUT2D eigenvalue weighted by molar-refractivity contribution is 0.0777. The van der Waals surface area contributed by atoms with Gasteiger partial charge < -0.3 is 4.52 Å². The van der Waals surface area contributed by atoms with Crippen LogP contribution in [0.1, 0.15) is 22.0 Å². The van der Waals surface area contributed by atoms with Crippen LogP contribution in [0, 0.1) is 0 Å². The van der Waals surface area contributed by atoms with Crippen LogP contribution in [0.5, 0.6) is 5.75 Å². The first-order valence-electron chi connectivity index (χ1n) is 9.97. The minimum atomic E-state index is -3.85. The van der Waals surface area contributed by atoms with Crippen molar-refractivity contribution < 1.29 is 18.4 Å². The number of rotatable bonds is 5. The van der Waals surface area contributed by atoms with Gasteiger partial charge in [0.25, 0.3) is 0 Å². The predicted octanol–water partition coefficient (Wildman–Crippen LogP) is 6.21. The van der Waals surface area contributed by atoms with E-state index in [1.54, 1.807) is 54.6 Å². The van der Waals surface area contributed by atoms with Crippen LogP contribution < -0.4 is 9.83 Å². The number of hydrogen-bond acceptors (Lipinski definition) is 4. The Labute approximate surface area is 180 Å². The van der Waals surface area contributed by atoms with Gasteiger partial charge in [-0.2, -0.15) is 0 Å². The Morgan fingerprint density at radius 1 is 0.710 bits per heavy atom. The van der Waals surface area contributed by atoms with Crippen molar-refractivity contribution in [3.8, 4) is 16.9 Å². The van der Waals surface area contributed by atoms with Crippen LogP contribution in [0.2, 0.25) is 0 Å². The smallest absolute Gasteiger partial charge is 0.412 e. The minimum Gasteiger partial charge on any atom is -0.421 e. The summed E-state index contributed by atoms with van der Waals surface area (Å²) in [6, 6.07) is 32.7. The first-order valence-corrected chi connectivity index (χ1v) is 11.5. The van der Waals surface area contributed by atoms with Gasteiger partial charge in [0.05, 0.1) is 5.30 Å². The van der Waals surface area contributed by atoms with Gasteiger partial charge in [-0.3, -0.25) is 9.32 Å². The van der Waals surface area contributed by atoms with E-state index < -0.39 is 13.7 Å². The van der Waals surface area contributed by atoms with Crippen LogP contribution >= 0.6 is 7.60 Å². The van der Waals surface area contributed by atoms with Crippen LogP contribution in [0.25, 0.3) is 11.1 Å². The van der Waals surface area contributed by atoms with E-state index in [2.05, 4.69) is 0 Å². The molecule has 2 unspecified atom stereocenters. The Morgan fingerprint density at radius 3 is 2.03 bits per heavy atom. The zero-order valence-corrected chi connectivity index (χ0v) is 17.4. The maximum Gasteiger partial charge on any atom is 0.412 e. The summed E-state index contributed by atoms with van der Waals surface area (Å²) in [6.45, 7) is 0. The van der Waals surface area contributed by atoms with E-state index >= 15 is 0 Å². The highest BCUT2D eigenvalue weighted by atomic mass is 31.2. The molecule has 0 N–H and O–H groups in total. The largest absolute Gasteiger partial charge is 0.421 e. The second kappa shape index (κ2) is 7.99. The van der Waals surface area contributed by atoms with Gasteiger partial charge in [0.15, 0.2) is 11.9 Å². The lowest BCUT2D eigenvalue weighted by atomic mass is 10.0. The maximum atomic E-state index is 14.1. The summed E-state index contributed by atoms with van der Waals surface area (Å²) in [5.74, 6) is 0.200. The summed E-state index contributed by atoms with van der Waals surface area (Å²) in [4.78, 5) is 13.4. The zero-order valence-electron chi connectivity index (χ0n) is 16.5. The molecule has 0 spiro atoms. The van der Waals surface area contributed by atoms with Crippen molar-refractivity contribution in [1.29, 1.82) is 0 Å². The molecule has 31 heavy (non-hydrogen) atoms. The third-order valence-corrected chi connectivity index (χ3v) is 7.14. The number of carbonyl (C=O) groups excluding carboxylic acids is 1. The average molecular weight is 426 g/mol. The topological polar surface area (TPSA) is 52.6 Å². The molecule has 0 radical (unpaired) electrons. The lowest BCUT2D eigenvalue weighted by Crippen LogP contribution is -2.24. The fraction of sp³-hybridized carbons (Fsp3) is 0.0385. The van der Waals surface area contributed by atoms with Gasteiger partial charge in [0, 0.05) is 16.7 Å². The highest BCUT2D eigenvalue weighted by Crippen LogP contribution is 2.57. The van der Waals surface area contributed by atoms with Gasteiger partial charge in [-0.25, -0.2) is 4.57 Å². The molecule has 1 aliphatic heterocycles. The minimum absolute atomic E-state index is 0.276. The fourth-order valence-corrected chi connectivity index (χ4v) is 5.67. The number of benzene rings is 4. The number of fused-ring (bicyclic) bond motifs is 3. The van der Waals surface area contributed by atoms with Crippen LogP contribution in [0.15, 0.2) is 109 Å². The molecule has 0 saturated heterocycles. The number of carbonyl (C=O) groups is 1. The zero-order chi connectivity index (χ0) is 21.3. The molecule has 2 atom stereocenters. The first kappa shape index (κ1) is 19.5. The number of Topliss-reactive ketones (excluding diaryl/α,β-unsaturated/α-hetero) is 1. The molecule has 152 valence electrons. The van der Waals surface area contributed by atoms with E-state index in [1.807, 2.05) is 54.6 Å². The van der Waals surface area contributed by atoms with Crippen molar-refractivity contribution in [2.45, 2.75) is 6.10 Å². The molecule has 1 heterocycles. The highest BCUT2D eigenvalue weighted by molar-refractivity contribution is 7.63. The fourth-order valence-electron chi connectivity index (χ4n) is 3.75. The molecule has 5 heteroatoms. The van der Waals surface area contributed by atoms with E-state index in [1.165, 1.54) is 0 Å². The summed E-state index contributed by atoms with van der Waals surface area (Å²) in [5.41, 5.74) is 2.73. The predicted molar refractivity (Wildman–Crippen MR) is 121 cm³/mol. The lowest BCUT2D eigenvalue weighted by Gasteiger charge is -2.30. The Hall–Kier alpha value is -3.46. The van der Waals surface area contributed by atoms with Gasteiger partial charge in [-0.05, 0) is 17.7 Å². The monoisotopic (exact) mass is 426 g/mol. The summed E-state index contributed by atoms with van der Waals surface area (Å²) in [5, 5.41) is 0.454. The SMILES string of the molecule is O=C(c1ccccc1)C(OP1(=O)Oc2ccccc2-c2ccccc21)c1ccccc1.